The zero-order valence-corrected chi connectivity index (χ0v) is 53.1. The van der Waals surface area contributed by atoms with E-state index in [1.807, 2.05) is 0 Å². The number of unbranched alkanes of at least 4 members (excludes halogenated alkanes) is 38. The molecule has 0 fully saturated rings. The number of rotatable bonds is 63. The highest BCUT2D eigenvalue weighted by atomic mass is 16.6. The minimum Gasteiger partial charge on any atom is -0.462 e. The largest absolute Gasteiger partial charge is 0.462 e. The fraction of sp³-hybridized carbons (Fsp3) is 0.770. The summed E-state index contributed by atoms with van der Waals surface area (Å²) in [6, 6.07) is 0. The van der Waals surface area contributed by atoms with Gasteiger partial charge >= 0.3 is 17.9 Å². The summed E-state index contributed by atoms with van der Waals surface area (Å²) in [5.41, 5.74) is 0. The highest BCUT2D eigenvalue weighted by Crippen LogP contribution is 2.18. The fourth-order valence-corrected chi connectivity index (χ4v) is 9.97. The van der Waals surface area contributed by atoms with E-state index < -0.39 is 6.10 Å². The molecular weight excluding hydrogens is 985 g/mol. The quantitative estimate of drug-likeness (QED) is 0.0261. The summed E-state index contributed by atoms with van der Waals surface area (Å²) in [5, 5.41) is 0. The molecule has 0 spiro atoms. The van der Waals surface area contributed by atoms with Crippen LogP contribution >= 0.6 is 0 Å². The fourth-order valence-electron chi connectivity index (χ4n) is 9.97. The molecule has 0 saturated heterocycles. The van der Waals surface area contributed by atoms with Crippen molar-refractivity contribution in [3.63, 3.8) is 0 Å². The number of ether oxygens (including phenoxy) is 3. The van der Waals surface area contributed by atoms with Crippen molar-refractivity contribution in [1.82, 2.24) is 0 Å². The van der Waals surface area contributed by atoms with Gasteiger partial charge in [-0.15, -0.1) is 0 Å². The lowest BCUT2D eigenvalue weighted by Gasteiger charge is -2.18. The number of carbonyl (C=O) groups is 3. The second-order valence-electron chi connectivity index (χ2n) is 23.1. The molecule has 1 unspecified atom stereocenters. The number of esters is 3. The molecule has 0 amide bonds. The van der Waals surface area contributed by atoms with Crippen LogP contribution in [0.25, 0.3) is 0 Å². The van der Waals surface area contributed by atoms with Gasteiger partial charge in [0.25, 0.3) is 0 Å². The van der Waals surface area contributed by atoms with Gasteiger partial charge in [-0.25, -0.2) is 0 Å². The van der Waals surface area contributed by atoms with Crippen molar-refractivity contribution >= 4 is 17.9 Å². The summed E-state index contributed by atoms with van der Waals surface area (Å²) in [6.45, 7) is 6.49. The van der Waals surface area contributed by atoms with Gasteiger partial charge in [0.1, 0.15) is 13.2 Å². The standard InChI is InChI=1S/C74H130O6/c1-4-7-10-13-16-19-21-23-25-27-29-30-31-32-33-34-35-36-37-38-39-40-41-42-43-44-46-47-49-51-53-55-58-61-64-67-73(76)79-70-71(69-78-72(75)66-63-60-57-18-15-12-9-6-3)80-74(77)68-65-62-59-56-54-52-50-48-45-28-26-24-22-20-17-14-11-8-5-2/h8,11,17,20-21,23-24,26-27,29,45,48,52,54,71H,4-7,9-10,12-16,18-19,22,25,28,30-44,46-47,49-51,53,55-70H2,1-3H3/b11-8-,20-17-,23-21-,26-24-,29-27-,48-45-,54-52-. The van der Waals surface area contributed by atoms with Crippen LogP contribution in [-0.4, -0.2) is 37.2 Å². The Hall–Kier alpha value is -3.41. The highest BCUT2D eigenvalue weighted by Gasteiger charge is 2.19. The van der Waals surface area contributed by atoms with Gasteiger partial charge in [0.2, 0.25) is 0 Å². The molecule has 6 nitrogen and oxygen atoms in total. The predicted molar refractivity (Wildman–Crippen MR) is 348 cm³/mol. The molecule has 0 rings (SSSR count). The molecule has 0 aliphatic rings. The normalized spacial score (nSPS) is 12.6. The van der Waals surface area contributed by atoms with Gasteiger partial charge in [0.15, 0.2) is 6.10 Å². The van der Waals surface area contributed by atoms with Crippen molar-refractivity contribution in [3.05, 3.63) is 85.1 Å². The van der Waals surface area contributed by atoms with E-state index in [-0.39, 0.29) is 31.1 Å². The predicted octanol–water partition coefficient (Wildman–Crippen LogP) is 23.8. The van der Waals surface area contributed by atoms with E-state index in [9.17, 15) is 14.4 Å². The van der Waals surface area contributed by atoms with Crippen LogP contribution in [0.15, 0.2) is 85.1 Å². The van der Waals surface area contributed by atoms with Gasteiger partial charge in [-0.3, -0.25) is 14.4 Å². The van der Waals surface area contributed by atoms with Crippen molar-refractivity contribution in [2.45, 2.75) is 354 Å². The Labute approximate surface area is 496 Å². The van der Waals surface area contributed by atoms with Crippen molar-refractivity contribution in [1.29, 1.82) is 0 Å². The SMILES string of the molecule is CC/C=C\C/C=C\C/C=C\C/C=C\C/C=C\CCCCCC(=O)OC(COC(=O)CCCCCCCCCC)COC(=O)CCCCCCCCCCCCCCCCCCCCCCCCC/C=C\C/C=C\CCCCCCC. The molecule has 80 heavy (non-hydrogen) atoms. The number of hydrogen-bond donors (Lipinski definition) is 0. The first-order chi connectivity index (χ1) is 39.5. The second kappa shape index (κ2) is 68.1. The highest BCUT2D eigenvalue weighted by molar-refractivity contribution is 5.71. The van der Waals surface area contributed by atoms with Gasteiger partial charge in [-0.05, 0) is 96.3 Å². The summed E-state index contributed by atoms with van der Waals surface area (Å²) in [5.74, 6) is -0.909. The Morgan fingerprint density at radius 1 is 0.263 bits per heavy atom. The molecule has 0 bridgehead atoms. The molecule has 0 aromatic rings. The van der Waals surface area contributed by atoms with Crippen molar-refractivity contribution < 1.29 is 28.6 Å². The van der Waals surface area contributed by atoms with E-state index in [2.05, 4.69) is 106 Å². The monoisotopic (exact) mass is 1110 g/mol. The van der Waals surface area contributed by atoms with Crippen LogP contribution in [0.5, 0.6) is 0 Å². The minimum absolute atomic E-state index is 0.0861. The van der Waals surface area contributed by atoms with E-state index >= 15 is 0 Å². The second-order valence-corrected chi connectivity index (χ2v) is 23.1. The van der Waals surface area contributed by atoms with Crippen LogP contribution < -0.4 is 0 Å². The van der Waals surface area contributed by atoms with Gasteiger partial charge < -0.3 is 14.2 Å². The lowest BCUT2D eigenvalue weighted by atomic mass is 10.0. The van der Waals surface area contributed by atoms with Crippen LogP contribution in [0.2, 0.25) is 0 Å². The first-order valence-corrected chi connectivity index (χ1v) is 34.6. The summed E-state index contributed by atoms with van der Waals surface area (Å²) < 4.78 is 16.8. The molecule has 0 heterocycles. The zero-order valence-electron chi connectivity index (χ0n) is 53.1. The molecule has 0 aromatic carbocycles. The van der Waals surface area contributed by atoms with E-state index in [4.69, 9.17) is 14.2 Å². The third-order valence-electron chi connectivity index (χ3n) is 15.1. The van der Waals surface area contributed by atoms with Gasteiger partial charge in [0.05, 0.1) is 0 Å². The maximum atomic E-state index is 12.9. The molecule has 0 radical (unpaired) electrons. The molecular formula is C74H130O6. The lowest BCUT2D eigenvalue weighted by molar-refractivity contribution is -0.167. The Balaban J connectivity index is 4.03. The molecule has 462 valence electrons. The minimum atomic E-state index is -0.791. The summed E-state index contributed by atoms with van der Waals surface area (Å²) in [4.78, 5) is 38.1. The van der Waals surface area contributed by atoms with Crippen molar-refractivity contribution in [2.24, 2.45) is 0 Å². The van der Waals surface area contributed by atoms with E-state index in [0.29, 0.717) is 19.3 Å². The molecule has 0 saturated carbocycles. The zero-order chi connectivity index (χ0) is 57.8. The first-order valence-electron chi connectivity index (χ1n) is 34.6. The molecule has 0 aromatic heterocycles. The maximum Gasteiger partial charge on any atom is 0.306 e. The van der Waals surface area contributed by atoms with E-state index in [1.165, 1.54) is 205 Å². The van der Waals surface area contributed by atoms with E-state index in [1.54, 1.807) is 0 Å². The summed E-state index contributed by atoms with van der Waals surface area (Å²) in [6.07, 6.45) is 90.8. The molecule has 0 aliphatic carbocycles. The van der Waals surface area contributed by atoms with Crippen LogP contribution in [0.3, 0.4) is 0 Å². The molecule has 1 atom stereocenters. The summed E-state index contributed by atoms with van der Waals surface area (Å²) in [7, 11) is 0. The first kappa shape index (κ1) is 76.6. The van der Waals surface area contributed by atoms with Crippen LogP contribution in [0.1, 0.15) is 348 Å². The van der Waals surface area contributed by atoms with Crippen molar-refractivity contribution in [2.75, 3.05) is 13.2 Å². The number of carbonyl (C=O) groups excluding carboxylic acids is 3. The average molecular weight is 1120 g/mol. The topological polar surface area (TPSA) is 78.9 Å². The molecule has 6 heteroatoms. The van der Waals surface area contributed by atoms with Crippen LogP contribution in [-0.2, 0) is 28.6 Å². The number of allylic oxidation sites excluding steroid dienone is 14. The Kier molecular flexibility index (Phi) is 65.2. The third kappa shape index (κ3) is 65.4. The van der Waals surface area contributed by atoms with Gasteiger partial charge in [-0.1, -0.05) is 318 Å². The third-order valence-corrected chi connectivity index (χ3v) is 15.1. The Morgan fingerprint density at radius 3 is 0.775 bits per heavy atom. The average Bonchev–Trinajstić information content (AvgIpc) is 3.46. The Bertz CT molecular complexity index is 1520. The summed E-state index contributed by atoms with van der Waals surface area (Å²) >= 11 is 0. The smallest absolute Gasteiger partial charge is 0.306 e. The lowest BCUT2D eigenvalue weighted by Crippen LogP contribution is -2.30. The maximum absolute atomic E-state index is 12.9. The molecule has 0 aliphatic heterocycles. The Morgan fingerprint density at radius 2 is 0.487 bits per heavy atom. The number of hydrogen-bond acceptors (Lipinski definition) is 6. The molecule has 0 N–H and O–H groups in total. The van der Waals surface area contributed by atoms with E-state index in [0.717, 1.165) is 103 Å². The van der Waals surface area contributed by atoms with Crippen LogP contribution in [0, 0.1) is 0 Å². The van der Waals surface area contributed by atoms with Crippen LogP contribution in [0.4, 0.5) is 0 Å². The van der Waals surface area contributed by atoms with Crippen molar-refractivity contribution in [3.8, 4) is 0 Å². The van der Waals surface area contributed by atoms with Gasteiger partial charge in [-0.2, -0.15) is 0 Å². The van der Waals surface area contributed by atoms with Gasteiger partial charge in [0, 0.05) is 19.3 Å².